The van der Waals surface area contributed by atoms with Gasteiger partial charge < -0.3 is 9.88 Å². The zero-order valence-electron chi connectivity index (χ0n) is 16.4. The molecular weight excluding hydrogens is 352 g/mol. The maximum atomic E-state index is 13.0. The van der Waals surface area contributed by atoms with Gasteiger partial charge in [-0.2, -0.15) is 0 Å². The predicted octanol–water partition coefficient (Wildman–Crippen LogP) is 3.40. The van der Waals surface area contributed by atoms with Gasteiger partial charge in [0.05, 0.1) is 12.0 Å². The van der Waals surface area contributed by atoms with Gasteiger partial charge in [-0.1, -0.05) is 19.9 Å². The zero-order chi connectivity index (χ0) is 19.7. The summed E-state index contributed by atoms with van der Waals surface area (Å²) in [4.78, 5) is 34.8. The number of rotatable bonds is 4. The van der Waals surface area contributed by atoms with Crippen molar-refractivity contribution in [2.24, 2.45) is 5.92 Å². The molecule has 3 heterocycles. The third-order valence-corrected chi connectivity index (χ3v) is 5.67. The number of hydrogen-bond acceptors (Lipinski definition) is 3. The van der Waals surface area contributed by atoms with Crippen molar-refractivity contribution < 1.29 is 4.79 Å². The van der Waals surface area contributed by atoms with Crippen LogP contribution in [-0.2, 0) is 6.54 Å². The molecule has 3 aromatic rings. The highest BCUT2D eigenvalue weighted by Gasteiger charge is 2.25. The SMILES string of the molecule is CC(C)c1cc(=O)n(CC2CCN(C(=O)c3cccc4[nH]ccc34)CC2)cn1. The second-order valence-electron chi connectivity index (χ2n) is 7.94. The zero-order valence-corrected chi connectivity index (χ0v) is 16.4. The minimum Gasteiger partial charge on any atom is -0.361 e. The maximum absolute atomic E-state index is 13.0. The van der Waals surface area contributed by atoms with Crippen LogP contribution >= 0.6 is 0 Å². The lowest BCUT2D eigenvalue weighted by Gasteiger charge is -2.32. The van der Waals surface area contributed by atoms with Crippen LogP contribution in [0.2, 0.25) is 0 Å². The van der Waals surface area contributed by atoms with E-state index in [2.05, 4.69) is 9.97 Å². The number of nitrogens with zero attached hydrogens (tertiary/aromatic N) is 3. The van der Waals surface area contributed by atoms with E-state index in [0.717, 1.165) is 48.1 Å². The van der Waals surface area contributed by atoms with Gasteiger partial charge in [-0.25, -0.2) is 4.98 Å². The minimum absolute atomic E-state index is 0.0105. The predicted molar refractivity (Wildman–Crippen MR) is 110 cm³/mol. The molecule has 0 unspecified atom stereocenters. The summed E-state index contributed by atoms with van der Waals surface area (Å²) in [6.07, 6.45) is 5.33. The summed E-state index contributed by atoms with van der Waals surface area (Å²) in [5.41, 5.74) is 2.58. The topological polar surface area (TPSA) is 71.0 Å². The largest absolute Gasteiger partial charge is 0.361 e. The molecule has 2 aromatic heterocycles. The summed E-state index contributed by atoms with van der Waals surface area (Å²) in [5, 5.41) is 0.970. The molecule has 0 saturated carbocycles. The first kappa shape index (κ1) is 18.5. The number of aromatic nitrogens is 3. The van der Waals surface area contributed by atoms with Crippen LogP contribution in [0.15, 0.2) is 47.7 Å². The van der Waals surface area contributed by atoms with Gasteiger partial charge in [0.1, 0.15) is 0 Å². The van der Waals surface area contributed by atoms with E-state index in [1.807, 2.05) is 49.2 Å². The molecule has 1 saturated heterocycles. The third-order valence-electron chi connectivity index (χ3n) is 5.67. The van der Waals surface area contributed by atoms with Crippen LogP contribution in [0.4, 0.5) is 0 Å². The monoisotopic (exact) mass is 378 g/mol. The molecule has 4 rings (SSSR count). The van der Waals surface area contributed by atoms with E-state index < -0.39 is 0 Å². The van der Waals surface area contributed by atoms with Crippen LogP contribution < -0.4 is 5.56 Å². The van der Waals surface area contributed by atoms with E-state index in [4.69, 9.17) is 0 Å². The normalized spacial score (nSPS) is 15.5. The lowest BCUT2D eigenvalue weighted by atomic mass is 9.96. The molecule has 0 bridgehead atoms. The van der Waals surface area contributed by atoms with E-state index in [9.17, 15) is 9.59 Å². The lowest BCUT2D eigenvalue weighted by Crippen LogP contribution is -2.40. The first-order valence-corrected chi connectivity index (χ1v) is 9.94. The van der Waals surface area contributed by atoms with Crippen LogP contribution in [-0.4, -0.2) is 38.4 Å². The number of likely N-dealkylation sites (tertiary alicyclic amines) is 1. The summed E-state index contributed by atoms with van der Waals surface area (Å²) in [5.74, 6) is 0.723. The molecule has 28 heavy (non-hydrogen) atoms. The number of benzene rings is 1. The Hall–Kier alpha value is -2.89. The van der Waals surface area contributed by atoms with Crippen LogP contribution in [0.1, 0.15) is 48.7 Å². The fourth-order valence-electron chi connectivity index (χ4n) is 3.93. The average molecular weight is 378 g/mol. The molecule has 1 aromatic carbocycles. The summed E-state index contributed by atoms with van der Waals surface area (Å²) in [6.45, 7) is 6.17. The maximum Gasteiger partial charge on any atom is 0.254 e. The van der Waals surface area contributed by atoms with E-state index in [1.165, 1.54) is 0 Å². The number of fused-ring (bicyclic) bond motifs is 1. The molecule has 1 fully saturated rings. The van der Waals surface area contributed by atoms with E-state index >= 15 is 0 Å². The number of aromatic amines is 1. The average Bonchev–Trinajstić information content (AvgIpc) is 3.18. The van der Waals surface area contributed by atoms with Crippen molar-refractivity contribution in [2.75, 3.05) is 13.1 Å². The Bertz CT molecular complexity index is 1040. The number of piperidine rings is 1. The number of carbonyl (C=O) groups is 1. The van der Waals surface area contributed by atoms with Gasteiger partial charge in [-0.05, 0) is 42.9 Å². The molecule has 0 spiro atoms. The minimum atomic E-state index is 0.0105. The van der Waals surface area contributed by atoms with E-state index in [0.29, 0.717) is 12.5 Å². The first-order valence-electron chi connectivity index (χ1n) is 9.94. The molecule has 1 amide bonds. The van der Waals surface area contributed by atoms with Gasteiger partial charge in [0.2, 0.25) is 0 Å². The highest BCUT2D eigenvalue weighted by molar-refractivity contribution is 6.06. The molecule has 6 heteroatoms. The Kier molecular flexibility index (Phi) is 5.03. The van der Waals surface area contributed by atoms with Crippen molar-refractivity contribution in [1.82, 2.24) is 19.4 Å². The molecule has 146 valence electrons. The van der Waals surface area contributed by atoms with Crippen molar-refractivity contribution in [3.05, 3.63) is 64.5 Å². The molecule has 0 radical (unpaired) electrons. The molecule has 0 aliphatic carbocycles. The first-order chi connectivity index (χ1) is 13.5. The second-order valence-corrected chi connectivity index (χ2v) is 7.94. The van der Waals surface area contributed by atoms with Gasteiger partial charge >= 0.3 is 0 Å². The van der Waals surface area contributed by atoms with Crippen molar-refractivity contribution >= 4 is 16.8 Å². The van der Waals surface area contributed by atoms with Crippen molar-refractivity contribution in [2.45, 2.75) is 39.2 Å². The van der Waals surface area contributed by atoms with Crippen molar-refractivity contribution in [3.8, 4) is 0 Å². The van der Waals surface area contributed by atoms with Crippen LogP contribution in [0, 0.1) is 5.92 Å². The van der Waals surface area contributed by atoms with E-state index in [1.54, 1.807) is 17.0 Å². The van der Waals surface area contributed by atoms with Crippen LogP contribution in [0.5, 0.6) is 0 Å². The highest BCUT2D eigenvalue weighted by atomic mass is 16.2. The standard InChI is InChI=1S/C22H26N4O2/c1-15(2)20-12-21(27)26(14-24-20)13-16-7-10-25(11-8-16)22(28)18-4-3-5-19-17(18)6-9-23-19/h3-6,9,12,14-16,23H,7-8,10-11,13H2,1-2H3. The second kappa shape index (κ2) is 7.62. The summed E-state index contributed by atoms with van der Waals surface area (Å²) >= 11 is 0. The number of H-pyrrole nitrogens is 1. The van der Waals surface area contributed by atoms with Crippen molar-refractivity contribution in [3.63, 3.8) is 0 Å². The van der Waals surface area contributed by atoms with Gasteiger partial charge in [0, 0.05) is 48.4 Å². The Morgan fingerprint density at radius 2 is 2.04 bits per heavy atom. The van der Waals surface area contributed by atoms with Gasteiger partial charge in [0.15, 0.2) is 0 Å². The molecule has 0 atom stereocenters. The molecule has 1 N–H and O–H groups in total. The van der Waals surface area contributed by atoms with Gasteiger partial charge in [-0.3, -0.25) is 14.2 Å². The Balaban J connectivity index is 1.40. The number of amides is 1. The molecule has 1 aliphatic heterocycles. The lowest BCUT2D eigenvalue weighted by molar-refractivity contribution is 0.0684. The number of carbonyl (C=O) groups excluding carboxylic acids is 1. The van der Waals surface area contributed by atoms with Gasteiger partial charge in [0.25, 0.3) is 11.5 Å². The summed E-state index contributed by atoms with van der Waals surface area (Å²) in [6, 6.07) is 9.39. The summed E-state index contributed by atoms with van der Waals surface area (Å²) < 4.78 is 1.70. The number of nitrogens with one attached hydrogen (secondary N) is 1. The van der Waals surface area contributed by atoms with Crippen LogP contribution in [0.25, 0.3) is 10.9 Å². The fraction of sp³-hybridized carbons (Fsp3) is 0.409. The van der Waals surface area contributed by atoms with Crippen LogP contribution in [0.3, 0.4) is 0 Å². The van der Waals surface area contributed by atoms with Crippen molar-refractivity contribution in [1.29, 1.82) is 0 Å². The fourth-order valence-corrected chi connectivity index (χ4v) is 3.93. The van der Waals surface area contributed by atoms with Gasteiger partial charge in [-0.15, -0.1) is 0 Å². The molecular formula is C22H26N4O2. The Morgan fingerprint density at radius 1 is 1.25 bits per heavy atom. The van der Waals surface area contributed by atoms with E-state index in [-0.39, 0.29) is 17.4 Å². The quantitative estimate of drug-likeness (QED) is 0.756. The summed E-state index contributed by atoms with van der Waals surface area (Å²) in [7, 11) is 0. The smallest absolute Gasteiger partial charge is 0.254 e. The Labute approximate surface area is 164 Å². The molecule has 1 aliphatic rings. The number of hydrogen-bond donors (Lipinski definition) is 1. The third kappa shape index (κ3) is 3.59. The Morgan fingerprint density at radius 3 is 2.75 bits per heavy atom. The molecule has 6 nitrogen and oxygen atoms in total. The highest BCUT2D eigenvalue weighted by Crippen LogP contribution is 2.23.